The predicted molar refractivity (Wildman–Crippen MR) is 79.1 cm³/mol. The number of primary amides is 1. The van der Waals surface area contributed by atoms with E-state index in [0.29, 0.717) is 11.9 Å². The van der Waals surface area contributed by atoms with Gasteiger partial charge in [0.1, 0.15) is 11.9 Å². The summed E-state index contributed by atoms with van der Waals surface area (Å²) >= 11 is 0. The molecule has 0 fully saturated rings. The molecule has 6 nitrogen and oxygen atoms in total. The highest BCUT2D eigenvalue weighted by molar-refractivity contribution is 5.93. The number of carboxylic acids is 1. The number of amides is 1. The Balaban J connectivity index is 2.72. The normalized spacial score (nSPS) is 12.8. The van der Waals surface area contributed by atoms with E-state index in [9.17, 15) is 9.59 Å². The first-order chi connectivity index (χ1) is 9.86. The van der Waals surface area contributed by atoms with Crippen LogP contribution in [0.15, 0.2) is 18.2 Å². The number of nitrogens with zero attached hydrogens (tertiary/aromatic N) is 2. The van der Waals surface area contributed by atoms with Crippen LogP contribution in [0.4, 0.5) is 0 Å². The van der Waals surface area contributed by atoms with Crippen LogP contribution < -0.4 is 5.73 Å². The van der Waals surface area contributed by atoms with Gasteiger partial charge in [-0.3, -0.25) is 4.79 Å². The van der Waals surface area contributed by atoms with Gasteiger partial charge in [0.05, 0.1) is 16.6 Å². The van der Waals surface area contributed by atoms with Gasteiger partial charge < -0.3 is 15.4 Å². The first-order valence-corrected chi connectivity index (χ1v) is 6.90. The highest BCUT2D eigenvalue weighted by Gasteiger charge is 2.26. The number of aromatic carboxylic acids is 1. The van der Waals surface area contributed by atoms with E-state index < -0.39 is 17.9 Å². The van der Waals surface area contributed by atoms with Crippen LogP contribution in [-0.2, 0) is 11.2 Å². The average Bonchev–Trinajstić information content (AvgIpc) is 2.75. The topological polar surface area (TPSA) is 98.2 Å². The van der Waals surface area contributed by atoms with Gasteiger partial charge in [-0.2, -0.15) is 0 Å². The van der Waals surface area contributed by atoms with Gasteiger partial charge in [-0.15, -0.1) is 0 Å². The van der Waals surface area contributed by atoms with Crippen molar-refractivity contribution >= 4 is 22.9 Å². The van der Waals surface area contributed by atoms with Crippen molar-refractivity contribution in [2.45, 2.75) is 33.2 Å². The van der Waals surface area contributed by atoms with E-state index in [1.807, 2.05) is 25.3 Å². The van der Waals surface area contributed by atoms with E-state index in [0.717, 1.165) is 11.3 Å². The molecular weight excluding hydrogens is 270 g/mol. The number of hydrogen-bond acceptors (Lipinski definition) is 3. The van der Waals surface area contributed by atoms with Crippen molar-refractivity contribution < 1.29 is 14.7 Å². The molecule has 3 N–H and O–H groups in total. The molecule has 0 saturated heterocycles. The Kier molecular flexibility index (Phi) is 3.97. The van der Waals surface area contributed by atoms with Crippen LogP contribution in [0.1, 0.15) is 43.0 Å². The number of aromatic nitrogens is 2. The standard InChI is InChI=1S/C15H19N3O3/c1-4-12-17-10-7-9(15(20)21)5-6-11(10)18(12)13(8(2)3)14(16)19/h5-8,13H,4H2,1-3H3,(H2,16,19)(H,20,21). The van der Waals surface area contributed by atoms with Gasteiger partial charge in [0.25, 0.3) is 0 Å². The minimum Gasteiger partial charge on any atom is -0.478 e. The van der Waals surface area contributed by atoms with Crippen LogP contribution in [0.3, 0.4) is 0 Å². The number of fused-ring (bicyclic) bond motifs is 1. The predicted octanol–water partition coefficient (Wildman–Crippen LogP) is 1.98. The summed E-state index contributed by atoms with van der Waals surface area (Å²) in [6.07, 6.45) is 0.633. The van der Waals surface area contributed by atoms with Gasteiger partial charge in [0, 0.05) is 6.42 Å². The minimum absolute atomic E-state index is 0.0179. The van der Waals surface area contributed by atoms with Crippen LogP contribution in [0, 0.1) is 5.92 Å². The second kappa shape index (κ2) is 5.55. The molecule has 0 spiro atoms. The first kappa shape index (κ1) is 15.0. The van der Waals surface area contributed by atoms with Gasteiger partial charge >= 0.3 is 5.97 Å². The van der Waals surface area contributed by atoms with Gasteiger partial charge in [0.2, 0.25) is 5.91 Å². The molecule has 0 aliphatic rings. The third kappa shape index (κ3) is 2.61. The van der Waals surface area contributed by atoms with E-state index in [1.54, 1.807) is 6.07 Å². The number of carbonyl (C=O) groups excluding carboxylic acids is 1. The fraction of sp³-hybridized carbons (Fsp3) is 0.400. The number of carbonyl (C=O) groups is 2. The van der Waals surface area contributed by atoms with Crippen molar-refractivity contribution in [2.75, 3.05) is 0 Å². The Bertz CT molecular complexity index is 703. The molecule has 1 aromatic carbocycles. The Morgan fingerprint density at radius 1 is 1.38 bits per heavy atom. The van der Waals surface area contributed by atoms with Crippen molar-refractivity contribution in [2.24, 2.45) is 11.7 Å². The van der Waals surface area contributed by atoms with Crippen molar-refractivity contribution in [3.63, 3.8) is 0 Å². The summed E-state index contributed by atoms with van der Waals surface area (Å²) in [6.45, 7) is 5.78. The molecule has 0 radical (unpaired) electrons. The number of benzene rings is 1. The summed E-state index contributed by atoms with van der Waals surface area (Å²) in [7, 11) is 0. The largest absolute Gasteiger partial charge is 0.478 e. The highest BCUT2D eigenvalue weighted by Crippen LogP contribution is 2.27. The summed E-state index contributed by atoms with van der Waals surface area (Å²) in [6, 6.07) is 4.22. The third-order valence-corrected chi connectivity index (χ3v) is 3.53. The van der Waals surface area contributed by atoms with Crippen molar-refractivity contribution in [1.29, 1.82) is 0 Å². The Morgan fingerprint density at radius 2 is 2.05 bits per heavy atom. The molecule has 1 unspecified atom stereocenters. The monoisotopic (exact) mass is 289 g/mol. The molecule has 0 bridgehead atoms. The zero-order valence-corrected chi connectivity index (χ0v) is 12.3. The molecule has 0 aliphatic heterocycles. The quantitative estimate of drug-likeness (QED) is 0.879. The minimum atomic E-state index is -1.00. The van der Waals surface area contributed by atoms with Crippen molar-refractivity contribution in [3.05, 3.63) is 29.6 Å². The fourth-order valence-electron chi connectivity index (χ4n) is 2.60. The molecule has 112 valence electrons. The molecule has 1 aromatic heterocycles. The lowest BCUT2D eigenvalue weighted by Gasteiger charge is -2.22. The Morgan fingerprint density at radius 3 is 2.52 bits per heavy atom. The Labute approximate surface area is 122 Å². The maximum absolute atomic E-state index is 11.8. The van der Waals surface area contributed by atoms with Crippen LogP contribution in [-0.4, -0.2) is 26.5 Å². The Hall–Kier alpha value is -2.37. The molecule has 1 heterocycles. The molecular formula is C15H19N3O3. The lowest BCUT2D eigenvalue weighted by atomic mass is 10.0. The van der Waals surface area contributed by atoms with Crippen LogP contribution in [0.25, 0.3) is 11.0 Å². The highest BCUT2D eigenvalue weighted by atomic mass is 16.4. The van der Waals surface area contributed by atoms with Crippen molar-refractivity contribution in [3.8, 4) is 0 Å². The molecule has 2 aromatic rings. The molecule has 0 aliphatic carbocycles. The second-order valence-corrected chi connectivity index (χ2v) is 5.35. The lowest BCUT2D eigenvalue weighted by molar-refractivity contribution is -0.122. The average molecular weight is 289 g/mol. The lowest BCUT2D eigenvalue weighted by Crippen LogP contribution is -2.31. The van der Waals surface area contributed by atoms with E-state index in [-0.39, 0.29) is 11.5 Å². The number of aryl methyl sites for hydroxylation is 1. The number of nitrogens with two attached hydrogens (primary N) is 1. The van der Waals surface area contributed by atoms with Gasteiger partial charge in [-0.1, -0.05) is 20.8 Å². The fourth-order valence-corrected chi connectivity index (χ4v) is 2.60. The summed E-state index contributed by atoms with van der Waals surface area (Å²) in [5.74, 6) is -0.671. The zero-order valence-electron chi connectivity index (χ0n) is 12.3. The number of rotatable bonds is 5. The van der Waals surface area contributed by atoms with E-state index in [1.165, 1.54) is 12.1 Å². The molecule has 1 atom stereocenters. The molecule has 6 heteroatoms. The van der Waals surface area contributed by atoms with E-state index in [4.69, 9.17) is 10.8 Å². The van der Waals surface area contributed by atoms with Gasteiger partial charge in [0.15, 0.2) is 0 Å². The molecule has 21 heavy (non-hydrogen) atoms. The first-order valence-electron chi connectivity index (χ1n) is 6.90. The summed E-state index contributed by atoms with van der Waals surface area (Å²) in [4.78, 5) is 27.3. The van der Waals surface area contributed by atoms with E-state index in [2.05, 4.69) is 4.98 Å². The zero-order chi connectivity index (χ0) is 15.7. The maximum Gasteiger partial charge on any atom is 0.335 e. The summed E-state index contributed by atoms with van der Waals surface area (Å²) in [5.41, 5.74) is 7.01. The molecule has 1 amide bonds. The van der Waals surface area contributed by atoms with Gasteiger partial charge in [-0.25, -0.2) is 9.78 Å². The van der Waals surface area contributed by atoms with E-state index >= 15 is 0 Å². The number of carboxylic acid groups (broad SMARTS) is 1. The molecule has 2 rings (SSSR count). The molecule has 0 saturated carbocycles. The number of imidazole rings is 1. The van der Waals surface area contributed by atoms with Crippen molar-refractivity contribution in [1.82, 2.24) is 9.55 Å². The maximum atomic E-state index is 11.8. The van der Waals surface area contributed by atoms with Crippen LogP contribution >= 0.6 is 0 Å². The second-order valence-electron chi connectivity index (χ2n) is 5.35. The SMILES string of the molecule is CCc1nc2cc(C(=O)O)ccc2n1C(C(N)=O)C(C)C. The van der Waals surface area contributed by atoms with Gasteiger partial charge in [-0.05, 0) is 24.1 Å². The summed E-state index contributed by atoms with van der Waals surface area (Å²) < 4.78 is 1.83. The summed E-state index contributed by atoms with van der Waals surface area (Å²) in [5, 5.41) is 9.05. The van der Waals surface area contributed by atoms with Crippen LogP contribution in [0.5, 0.6) is 0 Å². The smallest absolute Gasteiger partial charge is 0.335 e. The van der Waals surface area contributed by atoms with Crippen LogP contribution in [0.2, 0.25) is 0 Å². The third-order valence-electron chi connectivity index (χ3n) is 3.53. The number of hydrogen-bond donors (Lipinski definition) is 2.